The lowest BCUT2D eigenvalue weighted by molar-refractivity contribution is -0.112. The van der Waals surface area contributed by atoms with Crippen LogP contribution in [0.1, 0.15) is 6.92 Å². The van der Waals surface area contributed by atoms with Gasteiger partial charge in [0.05, 0.1) is 10.6 Å². The van der Waals surface area contributed by atoms with E-state index in [4.69, 9.17) is 10.4 Å². The first-order valence-corrected chi connectivity index (χ1v) is 7.07. The fourth-order valence-corrected chi connectivity index (χ4v) is 2.22. The number of rotatable bonds is 3. The van der Waals surface area contributed by atoms with Gasteiger partial charge in [-0.05, 0) is 19.1 Å². The molecule has 100 valence electrons. The maximum Gasteiger partial charge on any atom is 0.269 e. The number of sulfone groups is 1. The van der Waals surface area contributed by atoms with Gasteiger partial charge in [-0.25, -0.2) is 8.42 Å². The molecule has 7 heteroatoms. The molecular weight excluding hydrogens is 268 g/mol. The maximum atomic E-state index is 11.7. The number of nitrogens with zero attached hydrogens (tertiary/aromatic N) is 1. The summed E-state index contributed by atoms with van der Waals surface area (Å²) in [7, 11) is -3.51. The van der Waals surface area contributed by atoms with Crippen molar-refractivity contribution in [2.24, 2.45) is 0 Å². The lowest BCUT2D eigenvalue weighted by atomic mass is 10.2. The Labute approximate surface area is 110 Å². The van der Waals surface area contributed by atoms with Gasteiger partial charge in [0.2, 0.25) is 0 Å². The van der Waals surface area contributed by atoms with Gasteiger partial charge in [0.25, 0.3) is 5.91 Å². The number of para-hydroxylation sites is 1. The van der Waals surface area contributed by atoms with E-state index < -0.39 is 27.1 Å². The van der Waals surface area contributed by atoms with Crippen LogP contribution in [0.15, 0.2) is 40.5 Å². The quantitative estimate of drug-likeness (QED) is 0.494. The SMILES string of the molecule is CC(O)=C(C#N)C(=O)Nc1ccccc1S(C)(=O)=O. The number of hydrogen-bond donors (Lipinski definition) is 2. The Bertz CT molecular complexity index is 680. The van der Waals surface area contributed by atoms with Crippen molar-refractivity contribution in [3.05, 3.63) is 35.6 Å². The second-order valence-corrected chi connectivity index (χ2v) is 5.78. The number of amides is 1. The molecule has 0 fully saturated rings. The van der Waals surface area contributed by atoms with E-state index in [0.717, 1.165) is 6.26 Å². The van der Waals surface area contributed by atoms with E-state index in [0.29, 0.717) is 0 Å². The van der Waals surface area contributed by atoms with Gasteiger partial charge in [0.15, 0.2) is 15.4 Å². The zero-order valence-corrected chi connectivity index (χ0v) is 11.2. The fraction of sp³-hybridized carbons (Fsp3) is 0.167. The minimum absolute atomic E-state index is 0.0590. The molecule has 0 heterocycles. The van der Waals surface area contributed by atoms with Crippen LogP contribution in [0, 0.1) is 11.3 Å². The molecule has 19 heavy (non-hydrogen) atoms. The third kappa shape index (κ3) is 3.56. The van der Waals surface area contributed by atoms with Gasteiger partial charge in [0, 0.05) is 6.26 Å². The lowest BCUT2D eigenvalue weighted by Crippen LogP contribution is -2.17. The van der Waals surface area contributed by atoms with Crippen molar-refractivity contribution < 1.29 is 18.3 Å². The number of aliphatic hydroxyl groups is 1. The Morgan fingerprint density at radius 2 is 1.95 bits per heavy atom. The van der Waals surface area contributed by atoms with Crippen LogP contribution >= 0.6 is 0 Å². The Morgan fingerprint density at radius 1 is 1.37 bits per heavy atom. The number of carbonyl (C=O) groups excluding carboxylic acids is 1. The molecule has 0 spiro atoms. The topological polar surface area (TPSA) is 107 Å². The van der Waals surface area contributed by atoms with Gasteiger partial charge in [-0.3, -0.25) is 4.79 Å². The van der Waals surface area contributed by atoms with Crippen LogP contribution in [0.4, 0.5) is 5.69 Å². The number of carbonyl (C=O) groups is 1. The number of allylic oxidation sites excluding steroid dienone is 1. The Balaban J connectivity index is 3.20. The third-order valence-electron chi connectivity index (χ3n) is 2.24. The van der Waals surface area contributed by atoms with Gasteiger partial charge in [0.1, 0.15) is 11.8 Å². The highest BCUT2D eigenvalue weighted by Crippen LogP contribution is 2.21. The highest BCUT2D eigenvalue weighted by Gasteiger charge is 2.17. The largest absolute Gasteiger partial charge is 0.511 e. The summed E-state index contributed by atoms with van der Waals surface area (Å²) in [5.74, 6) is -1.30. The third-order valence-corrected chi connectivity index (χ3v) is 3.39. The smallest absolute Gasteiger partial charge is 0.269 e. The van der Waals surface area contributed by atoms with Gasteiger partial charge in [-0.2, -0.15) is 5.26 Å². The molecule has 1 rings (SSSR count). The maximum absolute atomic E-state index is 11.7. The molecule has 6 nitrogen and oxygen atoms in total. The molecule has 1 amide bonds. The lowest BCUT2D eigenvalue weighted by Gasteiger charge is -2.09. The van der Waals surface area contributed by atoms with Crippen molar-refractivity contribution in [3.8, 4) is 6.07 Å². The van der Waals surface area contributed by atoms with Crippen molar-refractivity contribution in [1.29, 1.82) is 5.26 Å². The first kappa shape index (κ1) is 14.7. The van der Waals surface area contributed by atoms with Gasteiger partial charge in [-0.1, -0.05) is 12.1 Å². The number of nitrogens with one attached hydrogen (secondary N) is 1. The summed E-state index contributed by atoms with van der Waals surface area (Å²) in [6.45, 7) is 1.20. The van der Waals surface area contributed by atoms with Gasteiger partial charge in [-0.15, -0.1) is 0 Å². The Morgan fingerprint density at radius 3 is 2.42 bits per heavy atom. The summed E-state index contributed by atoms with van der Waals surface area (Å²) < 4.78 is 23.1. The van der Waals surface area contributed by atoms with Crippen molar-refractivity contribution in [2.75, 3.05) is 11.6 Å². The summed E-state index contributed by atoms with van der Waals surface area (Å²) in [5, 5.41) is 20.2. The second-order valence-electron chi connectivity index (χ2n) is 3.79. The molecule has 0 radical (unpaired) electrons. The van der Waals surface area contributed by atoms with Crippen LogP contribution in [0.2, 0.25) is 0 Å². The van der Waals surface area contributed by atoms with E-state index >= 15 is 0 Å². The molecule has 0 saturated carbocycles. The number of anilines is 1. The molecule has 0 saturated heterocycles. The second kappa shape index (κ2) is 5.54. The highest BCUT2D eigenvalue weighted by atomic mass is 32.2. The van der Waals surface area contributed by atoms with E-state index in [2.05, 4.69) is 5.32 Å². The average molecular weight is 280 g/mol. The Hall–Kier alpha value is -2.33. The molecule has 0 atom stereocenters. The molecule has 0 aromatic heterocycles. The van der Waals surface area contributed by atoms with Crippen LogP contribution in [0.5, 0.6) is 0 Å². The minimum Gasteiger partial charge on any atom is -0.511 e. The van der Waals surface area contributed by atoms with Crippen molar-refractivity contribution in [3.63, 3.8) is 0 Å². The highest BCUT2D eigenvalue weighted by molar-refractivity contribution is 7.90. The fourth-order valence-electron chi connectivity index (χ4n) is 1.37. The van der Waals surface area contributed by atoms with E-state index in [1.54, 1.807) is 12.1 Å². The first-order chi connectivity index (χ1) is 8.77. The van der Waals surface area contributed by atoms with Crippen LogP contribution in [0.3, 0.4) is 0 Å². The van der Waals surface area contributed by atoms with E-state index in [9.17, 15) is 13.2 Å². The van der Waals surface area contributed by atoms with Crippen LogP contribution < -0.4 is 5.32 Å². The predicted octanol–water partition coefficient (Wildman–Crippen LogP) is 1.38. The summed E-state index contributed by atoms with van der Waals surface area (Å²) in [6.07, 6.45) is 1.01. The van der Waals surface area contributed by atoms with E-state index in [1.165, 1.54) is 25.1 Å². The number of nitriles is 1. The molecule has 0 aliphatic carbocycles. The van der Waals surface area contributed by atoms with Crippen LogP contribution in [-0.4, -0.2) is 25.7 Å². The molecule has 0 aliphatic rings. The Kier molecular flexibility index (Phi) is 4.30. The first-order valence-electron chi connectivity index (χ1n) is 5.17. The summed E-state index contributed by atoms with van der Waals surface area (Å²) >= 11 is 0. The van der Waals surface area contributed by atoms with Crippen LogP contribution in [0.25, 0.3) is 0 Å². The summed E-state index contributed by atoms with van der Waals surface area (Å²) in [5.41, 5.74) is -0.410. The zero-order chi connectivity index (χ0) is 14.6. The molecule has 0 unspecified atom stereocenters. The molecular formula is C12H12N2O4S. The van der Waals surface area contributed by atoms with Crippen molar-refractivity contribution in [2.45, 2.75) is 11.8 Å². The van der Waals surface area contributed by atoms with Gasteiger partial charge < -0.3 is 10.4 Å². The molecule has 0 bridgehead atoms. The monoisotopic (exact) mass is 280 g/mol. The molecule has 2 N–H and O–H groups in total. The average Bonchev–Trinajstić information content (AvgIpc) is 2.28. The van der Waals surface area contributed by atoms with Gasteiger partial charge >= 0.3 is 0 Å². The molecule has 1 aromatic rings. The molecule has 1 aromatic carbocycles. The standard InChI is InChI=1S/C12H12N2O4S/c1-8(15)9(7-13)12(16)14-10-5-3-4-6-11(10)19(2,17)18/h3-6,15H,1-2H3,(H,14,16). The summed E-state index contributed by atoms with van der Waals surface area (Å²) in [6, 6.07) is 7.35. The van der Waals surface area contributed by atoms with E-state index in [-0.39, 0.29) is 10.6 Å². The predicted molar refractivity (Wildman–Crippen MR) is 69.1 cm³/mol. The minimum atomic E-state index is -3.51. The zero-order valence-electron chi connectivity index (χ0n) is 10.3. The number of hydrogen-bond acceptors (Lipinski definition) is 5. The number of aliphatic hydroxyl groups excluding tert-OH is 1. The van der Waals surface area contributed by atoms with Crippen molar-refractivity contribution >= 4 is 21.4 Å². The molecule has 0 aliphatic heterocycles. The van der Waals surface area contributed by atoms with Crippen LogP contribution in [-0.2, 0) is 14.6 Å². The van der Waals surface area contributed by atoms with Crippen molar-refractivity contribution in [1.82, 2.24) is 0 Å². The normalized spacial score (nSPS) is 12.3. The number of benzene rings is 1. The summed E-state index contributed by atoms with van der Waals surface area (Å²) in [4.78, 5) is 11.7. The van der Waals surface area contributed by atoms with E-state index in [1.807, 2.05) is 0 Å².